The lowest BCUT2D eigenvalue weighted by atomic mass is 9.78. The van der Waals surface area contributed by atoms with Gasteiger partial charge < -0.3 is 4.74 Å². The number of hydrogen-bond donors (Lipinski definition) is 0. The van der Waals surface area contributed by atoms with Gasteiger partial charge in [0.2, 0.25) is 0 Å². The summed E-state index contributed by atoms with van der Waals surface area (Å²) in [5, 5.41) is 0. The number of anilines is 2. The molecule has 1 spiro atoms. The molecule has 2 amide bonds. The molecule has 6 rings (SSSR count). The fraction of sp³-hybridized carbons (Fsp3) is 0.179. The summed E-state index contributed by atoms with van der Waals surface area (Å²) in [6.07, 6.45) is 2.07. The second-order valence-electron chi connectivity index (χ2n) is 9.07. The zero-order valence-corrected chi connectivity index (χ0v) is 20.7. The third-order valence-electron chi connectivity index (χ3n) is 7.09. The van der Waals surface area contributed by atoms with E-state index >= 15 is 0 Å². The van der Waals surface area contributed by atoms with Gasteiger partial charge in [0.05, 0.1) is 11.3 Å². The van der Waals surface area contributed by atoms with E-state index in [0.717, 1.165) is 15.6 Å². The van der Waals surface area contributed by atoms with Crippen molar-refractivity contribution in [1.29, 1.82) is 0 Å². The maximum atomic E-state index is 14.5. The first-order valence-corrected chi connectivity index (χ1v) is 12.1. The second kappa shape index (κ2) is 7.65. The molecule has 35 heavy (non-hydrogen) atoms. The maximum absolute atomic E-state index is 14.5. The van der Waals surface area contributed by atoms with E-state index < -0.39 is 17.7 Å². The molecule has 3 aliphatic heterocycles. The average molecular weight is 529 g/mol. The van der Waals surface area contributed by atoms with Gasteiger partial charge in [0.25, 0.3) is 11.8 Å². The van der Waals surface area contributed by atoms with Crippen LogP contribution in [0.25, 0.3) is 0 Å². The van der Waals surface area contributed by atoms with Crippen molar-refractivity contribution in [2.24, 2.45) is 5.92 Å². The molecule has 0 aromatic heterocycles. The first-order valence-electron chi connectivity index (χ1n) is 11.3. The minimum absolute atomic E-state index is 0.222. The molecule has 0 aliphatic carbocycles. The summed E-state index contributed by atoms with van der Waals surface area (Å²) >= 11 is 3.43. The maximum Gasteiger partial charge on any atom is 0.261 e. The number of carbonyl (C=O) groups excluding carboxylic acids is 3. The Hall–Kier alpha value is -3.71. The summed E-state index contributed by atoms with van der Waals surface area (Å²) in [5.41, 5.74) is 1.85. The Bertz CT molecular complexity index is 1430. The number of aryl methyl sites for hydroxylation is 2. The molecule has 0 radical (unpaired) electrons. The number of fused-ring (bicyclic) bond motifs is 3. The van der Waals surface area contributed by atoms with E-state index in [-0.39, 0.29) is 17.6 Å². The standard InChI is InChI=1S/C28H21BrN2O4/c1-16-6-5-7-17(2)24(16)30-26-23(25(33)20-8-3-4-9-21(20)35-26)28(27(30)34)15-14-22(32)31(28)19-12-10-18(29)11-13-19/h3-15,23,26H,1-2H3. The van der Waals surface area contributed by atoms with E-state index in [1.54, 1.807) is 47.4 Å². The van der Waals surface area contributed by atoms with E-state index in [9.17, 15) is 14.4 Å². The smallest absolute Gasteiger partial charge is 0.261 e. The van der Waals surface area contributed by atoms with Crippen molar-refractivity contribution in [2.45, 2.75) is 25.6 Å². The van der Waals surface area contributed by atoms with Crippen molar-refractivity contribution in [3.05, 3.63) is 100 Å². The van der Waals surface area contributed by atoms with E-state index in [0.29, 0.717) is 22.7 Å². The van der Waals surface area contributed by atoms with E-state index in [4.69, 9.17) is 4.74 Å². The molecule has 0 N–H and O–H groups in total. The van der Waals surface area contributed by atoms with E-state index in [1.165, 1.54) is 11.0 Å². The molecule has 0 bridgehead atoms. The number of para-hydroxylation sites is 2. The normalized spacial score (nSPS) is 24.7. The minimum Gasteiger partial charge on any atom is -0.468 e. The summed E-state index contributed by atoms with van der Waals surface area (Å²) in [6, 6.07) is 20.0. The number of benzene rings is 3. The quantitative estimate of drug-likeness (QED) is 0.470. The summed E-state index contributed by atoms with van der Waals surface area (Å²) in [6.45, 7) is 3.85. The third kappa shape index (κ3) is 2.91. The predicted octanol–water partition coefficient (Wildman–Crippen LogP) is 4.97. The van der Waals surface area contributed by atoms with Crippen LogP contribution in [-0.2, 0) is 9.59 Å². The number of amides is 2. The topological polar surface area (TPSA) is 66.9 Å². The molecule has 1 fully saturated rings. The minimum atomic E-state index is -1.55. The molecular formula is C28H21BrN2O4. The second-order valence-corrected chi connectivity index (χ2v) is 9.99. The van der Waals surface area contributed by atoms with E-state index in [1.807, 2.05) is 44.2 Å². The Balaban J connectivity index is 1.62. The average Bonchev–Trinajstić information content (AvgIpc) is 3.30. The molecular weight excluding hydrogens is 508 g/mol. The Morgan fingerprint density at radius 2 is 1.57 bits per heavy atom. The zero-order valence-electron chi connectivity index (χ0n) is 19.1. The number of rotatable bonds is 2. The number of Topliss-reactive ketones (excluding diaryl/α,β-unsaturated/α-hetero) is 1. The largest absolute Gasteiger partial charge is 0.468 e. The number of halogens is 1. The van der Waals surface area contributed by atoms with Crippen molar-refractivity contribution >= 4 is 44.9 Å². The number of ether oxygens (including phenoxy) is 1. The predicted molar refractivity (Wildman–Crippen MR) is 136 cm³/mol. The Morgan fingerprint density at radius 3 is 2.29 bits per heavy atom. The van der Waals surface area contributed by atoms with Crippen LogP contribution in [0.1, 0.15) is 21.5 Å². The summed E-state index contributed by atoms with van der Waals surface area (Å²) < 4.78 is 7.25. The van der Waals surface area contributed by atoms with Gasteiger partial charge in [0, 0.05) is 16.2 Å². The Morgan fingerprint density at radius 1 is 0.886 bits per heavy atom. The van der Waals surface area contributed by atoms with Crippen LogP contribution < -0.4 is 14.5 Å². The summed E-state index contributed by atoms with van der Waals surface area (Å²) in [4.78, 5) is 44.9. The fourth-order valence-corrected chi connectivity index (χ4v) is 5.88. The summed E-state index contributed by atoms with van der Waals surface area (Å²) in [7, 11) is 0. The first-order chi connectivity index (χ1) is 16.8. The van der Waals surface area contributed by atoms with Gasteiger partial charge in [-0.25, -0.2) is 0 Å². The molecule has 3 heterocycles. The Kier molecular flexibility index (Phi) is 4.76. The highest BCUT2D eigenvalue weighted by molar-refractivity contribution is 9.10. The van der Waals surface area contributed by atoms with Crippen molar-refractivity contribution in [3.8, 4) is 5.75 Å². The lowest BCUT2D eigenvalue weighted by Gasteiger charge is -2.38. The highest BCUT2D eigenvalue weighted by atomic mass is 79.9. The summed E-state index contributed by atoms with van der Waals surface area (Å²) in [5.74, 6) is -1.45. The number of nitrogens with zero attached hydrogens (tertiary/aromatic N) is 2. The van der Waals surface area contributed by atoms with Gasteiger partial charge in [-0.2, -0.15) is 0 Å². The van der Waals surface area contributed by atoms with Gasteiger partial charge >= 0.3 is 0 Å². The van der Waals surface area contributed by atoms with Crippen LogP contribution in [0.2, 0.25) is 0 Å². The number of carbonyl (C=O) groups is 3. The van der Waals surface area contributed by atoms with Gasteiger partial charge in [0.15, 0.2) is 17.6 Å². The fourth-order valence-electron chi connectivity index (χ4n) is 5.61. The van der Waals surface area contributed by atoms with Gasteiger partial charge in [-0.3, -0.25) is 24.2 Å². The van der Waals surface area contributed by atoms with Crippen molar-refractivity contribution in [1.82, 2.24) is 0 Å². The van der Waals surface area contributed by atoms with Crippen molar-refractivity contribution in [2.75, 3.05) is 9.80 Å². The third-order valence-corrected chi connectivity index (χ3v) is 7.62. The molecule has 3 atom stereocenters. The van der Waals surface area contributed by atoms with Crippen LogP contribution in [0.15, 0.2) is 83.4 Å². The number of hydrogen-bond acceptors (Lipinski definition) is 4. The van der Waals surface area contributed by atoms with Gasteiger partial charge in [-0.05, 0) is 67.4 Å². The molecule has 0 saturated carbocycles. The molecule has 174 valence electrons. The van der Waals surface area contributed by atoms with Gasteiger partial charge in [-0.1, -0.05) is 46.3 Å². The molecule has 3 aromatic carbocycles. The van der Waals surface area contributed by atoms with Crippen molar-refractivity contribution < 1.29 is 19.1 Å². The van der Waals surface area contributed by atoms with Crippen LogP contribution in [-0.4, -0.2) is 29.4 Å². The van der Waals surface area contributed by atoms with Crippen LogP contribution in [0.5, 0.6) is 5.75 Å². The van der Waals surface area contributed by atoms with Crippen LogP contribution in [0, 0.1) is 19.8 Å². The van der Waals surface area contributed by atoms with Crippen LogP contribution in [0.4, 0.5) is 11.4 Å². The van der Waals surface area contributed by atoms with Crippen molar-refractivity contribution in [3.63, 3.8) is 0 Å². The van der Waals surface area contributed by atoms with Crippen LogP contribution >= 0.6 is 15.9 Å². The Labute approximate surface area is 210 Å². The molecule has 7 heteroatoms. The molecule has 1 saturated heterocycles. The first kappa shape index (κ1) is 21.8. The molecule has 3 aromatic rings. The lowest BCUT2D eigenvalue weighted by Crippen LogP contribution is -2.58. The van der Waals surface area contributed by atoms with Crippen LogP contribution in [0.3, 0.4) is 0 Å². The number of ketones is 1. The highest BCUT2D eigenvalue weighted by Crippen LogP contribution is 2.52. The molecule has 3 unspecified atom stereocenters. The monoisotopic (exact) mass is 528 g/mol. The highest BCUT2D eigenvalue weighted by Gasteiger charge is 2.69. The molecule has 3 aliphatic rings. The SMILES string of the molecule is Cc1cccc(C)c1N1C(=O)C2(C=CC(=O)N2c2ccc(Br)cc2)C2C(=O)c3ccccc3OC21. The van der Waals surface area contributed by atoms with Gasteiger partial charge in [0.1, 0.15) is 11.7 Å². The van der Waals surface area contributed by atoms with E-state index in [2.05, 4.69) is 15.9 Å². The molecule has 6 nitrogen and oxygen atoms in total. The lowest BCUT2D eigenvalue weighted by molar-refractivity contribution is -0.123. The van der Waals surface area contributed by atoms with Gasteiger partial charge in [-0.15, -0.1) is 0 Å². The zero-order chi connectivity index (χ0) is 24.5.